The Morgan fingerprint density at radius 2 is 1.96 bits per heavy atom. The lowest BCUT2D eigenvalue weighted by atomic mass is 10.2. The van der Waals surface area contributed by atoms with Crippen LogP contribution in [0.2, 0.25) is 0 Å². The van der Waals surface area contributed by atoms with Crippen molar-refractivity contribution < 1.29 is 14.3 Å². The SMILES string of the molecule is COc1ccccc1/C=C/C(=O)Nc1cccc(OCC(C)C)c1. The van der Waals surface area contributed by atoms with Crippen molar-refractivity contribution in [3.63, 3.8) is 0 Å². The summed E-state index contributed by atoms with van der Waals surface area (Å²) in [5.74, 6) is 1.72. The third-order valence-electron chi connectivity index (χ3n) is 3.24. The molecule has 4 heteroatoms. The van der Waals surface area contributed by atoms with Gasteiger partial charge in [-0.15, -0.1) is 0 Å². The lowest BCUT2D eigenvalue weighted by Gasteiger charge is -2.10. The van der Waals surface area contributed by atoms with Gasteiger partial charge in [0.15, 0.2) is 0 Å². The maximum absolute atomic E-state index is 12.1. The van der Waals surface area contributed by atoms with Crippen LogP contribution in [0.1, 0.15) is 19.4 Å². The number of hydrogen-bond donors (Lipinski definition) is 1. The van der Waals surface area contributed by atoms with E-state index in [1.807, 2.05) is 48.5 Å². The molecule has 0 fully saturated rings. The first-order valence-corrected chi connectivity index (χ1v) is 7.93. The fraction of sp³-hybridized carbons (Fsp3) is 0.250. The van der Waals surface area contributed by atoms with E-state index in [9.17, 15) is 4.79 Å². The van der Waals surface area contributed by atoms with Gasteiger partial charge in [0.05, 0.1) is 13.7 Å². The number of ether oxygens (including phenoxy) is 2. The van der Waals surface area contributed by atoms with Crippen LogP contribution < -0.4 is 14.8 Å². The van der Waals surface area contributed by atoms with Crippen LogP contribution in [-0.4, -0.2) is 19.6 Å². The second-order valence-electron chi connectivity index (χ2n) is 5.80. The third-order valence-corrected chi connectivity index (χ3v) is 3.24. The Labute approximate surface area is 143 Å². The van der Waals surface area contributed by atoms with Gasteiger partial charge >= 0.3 is 0 Å². The van der Waals surface area contributed by atoms with Crippen molar-refractivity contribution in [1.82, 2.24) is 0 Å². The predicted molar refractivity (Wildman–Crippen MR) is 97.4 cm³/mol. The van der Waals surface area contributed by atoms with Gasteiger partial charge in [-0.25, -0.2) is 0 Å². The molecule has 0 aliphatic rings. The molecule has 2 aromatic carbocycles. The molecule has 0 heterocycles. The van der Waals surface area contributed by atoms with Crippen molar-refractivity contribution in [2.45, 2.75) is 13.8 Å². The monoisotopic (exact) mass is 325 g/mol. The number of hydrogen-bond acceptors (Lipinski definition) is 3. The Hall–Kier alpha value is -2.75. The molecule has 1 amide bonds. The molecule has 2 rings (SSSR count). The topological polar surface area (TPSA) is 47.6 Å². The maximum atomic E-state index is 12.1. The minimum absolute atomic E-state index is 0.207. The molecule has 4 nitrogen and oxygen atoms in total. The molecular formula is C20H23NO3. The number of benzene rings is 2. The van der Waals surface area contributed by atoms with Gasteiger partial charge in [0.25, 0.3) is 0 Å². The van der Waals surface area contributed by atoms with Crippen LogP contribution in [0.3, 0.4) is 0 Å². The number of para-hydroxylation sites is 1. The normalized spacial score (nSPS) is 10.8. The second-order valence-corrected chi connectivity index (χ2v) is 5.80. The first-order valence-electron chi connectivity index (χ1n) is 7.93. The number of anilines is 1. The summed E-state index contributed by atoms with van der Waals surface area (Å²) in [5.41, 5.74) is 1.55. The van der Waals surface area contributed by atoms with E-state index < -0.39 is 0 Å². The molecule has 0 unspecified atom stereocenters. The Kier molecular flexibility index (Phi) is 6.43. The minimum atomic E-state index is -0.207. The molecule has 0 aliphatic heterocycles. The summed E-state index contributed by atoms with van der Waals surface area (Å²) >= 11 is 0. The lowest BCUT2D eigenvalue weighted by molar-refractivity contribution is -0.111. The Balaban J connectivity index is 1.99. The average molecular weight is 325 g/mol. The number of nitrogens with one attached hydrogen (secondary N) is 1. The lowest BCUT2D eigenvalue weighted by Crippen LogP contribution is -2.08. The van der Waals surface area contributed by atoms with Gasteiger partial charge in [-0.1, -0.05) is 38.1 Å². The zero-order valence-electron chi connectivity index (χ0n) is 14.3. The maximum Gasteiger partial charge on any atom is 0.248 e. The number of carbonyl (C=O) groups is 1. The zero-order valence-corrected chi connectivity index (χ0v) is 14.3. The van der Waals surface area contributed by atoms with Crippen molar-refractivity contribution in [3.05, 3.63) is 60.2 Å². The van der Waals surface area contributed by atoms with Crippen molar-refractivity contribution >= 4 is 17.7 Å². The van der Waals surface area contributed by atoms with E-state index in [0.717, 1.165) is 17.1 Å². The first-order chi connectivity index (χ1) is 11.6. The molecule has 24 heavy (non-hydrogen) atoms. The predicted octanol–water partition coefficient (Wildman–Crippen LogP) is 4.38. The van der Waals surface area contributed by atoms with Gasteiger partial charge in [-0.2, -0.15) is 0 Å². The van der Waals surface area contributed by atoms with E-state index in [1.165, 1.54) is 6.08 Å². The number of amides is 1. The molecule has 0 spiro atoms. The van der Waals surface area contributed by atoms with Crippen LogP contribution in [-0.2, 0) is 4.79 Å². The summed E-state index contributed by atoms with van der Waals surface area (Å²) in [5, 5.41) is 2.83. The Morgan fingerprint density at radius 1 is 1.17 bits per heavy atom. The third kappa shape index (κ3) is 5.47. The molecule has 126 valence electrons. The molecule has 0 aromatic heterocycles. The number of methoxy groups -OCH3 is 1. The summed E-state index contributed by atoms with van der Waals surface area (Å²) in [6.45, 7) is 4.83. The zero-order chi connectivity index (χ0) is 17.4. The van der Waals surface area contributed by atoms with Gasteiger partial charge in [0, 0.05) is 23.4 Å². The highest BCUT2D eigenvalue weighted by Gasteiger charge is 2.03. The molecule has 1 N–H and O–H groups in total. The van der Waals surface area contributed by atoms with E-state index in [1.54, 1.807) is 13.2 Å². The van der Waals surface area contributed by atoms with Crippen LogP contribution in [0, 0.1) is 5.92 Å². The van der Waals surface area contributed by atoms with Crippen LogP contribution in [0.15, 0.2) is 54.6 Å². The van der Waals surface area contributed by atoms with Gasteiger partial charge in [0.2, 0.25) is 5.91 Å². The standard InChI is InChI=1S/C20H23NO3/c1-15(2)14-24-18-9-6-8-17(13-18)21-20(22)12-11-16-7-4-5-10-19(16)23-3/h4-13,15H,14H2,1-3H3,(H,21,22)/b12-11+. The van der Waals surface area contributed by atoms with Gasteiger partial charge in [0.1, 0.15) is 11.5 Å². The summed E-state index contributed by atoms with van der Waals surface area (Å²) < 4.78 is 10.9. The van der Waals surface area contributed by atoms with Gasteiger partial charge in [-0.05, 0) is 30.2 Å². The molecule has 0 atom stereocenters. The van der Waals surface area contributed by atoms with Crippen LogP contribution in [0.25, 0.3) is 6.08 Å². The highest BCUT2D eigenvalue weighted by Crippen LogP contribution is 2.20. The molecule has 0 bridgehead atoms. The highest BCUT2D eigenvalue weighted by atomic mass is 16.5. The average Bonchev–Trinajstić information content (AvgIpc) is 2.58. The van der Waals surface area contributed by atoms with E-state index in [4.69, 9.17) is 9.47 Å². The molecule has 2 aromatic rings. The van der Waals surface area contributed by atoms with Crippen molar-refractivity contribution in [1.29, 1.82) is 0 Å². The van der Waals surface area contributed by atoms with Crippen LogP contribution in [0.5, 0.6) is 11.5 Å². The van der Waals surface area contributed by atoms with Crippen LogP contribution in [0.4, 0.5) is 5.69 Å². The van der Waals surface area contributed by atoms with Gasteiger partial charge < -0.3 is 14.8 Å². The molecule has 0 aliphatic carbocycles. The smallest absolute Gasteiger partial charge is 0.248 e. The minimum Gasteiger partial charge on any atom is -0.496 e. The fourth-order valence-electron chi connectivity index (χ4n) is 2.08. The number of carbonyl (C=O) groups excluding carboxylic acids is 1. The Bertz CT molecular complexity index is 708. The largest absolute Gasteiger partial charge is 0.496 e. The van der Waals surface area contributed by atoms with E-state index in [2.05, 4.69) is 19.2 Å². The quantitative estimate of drug-likeness (QED) is 0.768. The molecule has 0 radical (unpaired) electrons. The molecular weight excluding hydrogens is 302 g/mol. The van der Waals surface area contributed by atoms with Crippen molar-refractivity contribution in [3.8, 4) is 11.5 Å². The van der Waals surface area contributed by atoms with E-state index >= 15 is 0 Å². The summed E-state index contributed by atoms with van der Waals surface area (Å²) in [6, 6.07) is 14.9. The molecule has 0 saturated heterocycles. The van der Waals surface area contributed by atoms with Crippen LogP contribution >= 0.6 is 0 Å². The van der Waals surface area contributed by atoms with Crippen molar-refractivity contribution in [2.24, 2.45) is 5.92 Å². The molecule has 0 saturated carbocycles. The fourth-order valence-corrected chi connectivity index (χ4v) is 2.08. The summed E-state index contributed by atoms with van der Waals surface area (Å²) in [6.07, 6.45) is 3.22. The number of rotatable bonds is 7. The second kappa shape index (κ2) is 8.77. The Morgan fingerprint density at radius 3 is 2.71 bits per heavy atom. The first kappa shape index (κ1) is 17.6. The van der Waals surface area contributed by atoms with Crippen molar-refractivity contribution in [2.75, 3.05) is 19.0 Å². The van der Waals surface area contributed by atoms with E-state index in [-0.39, 0.29) is 5.91 Å². The van der Waals surface area contributed by atoms with Gasteiger partial charge in [-0.3, -0.25) is 4.79 Å². The van der Waals surface area contributed by atoms with E-state index in [0.29, 0.717) is 18.2 Å². The highest BCUT2D eigenvalue weighted by molar-refractivity contribution is 6.02. The summed E-state index contributed by atoms with van der Waals surface area (Å²) in [4.78, 5) is 12.1. The summed E-state index contributed by atoms with van der Waals surface area (Å²) in [7, 11) is 1.61.